The minimum Gasteiger partial charge on any atom is -0.472 e. The molecule has 0 aliphatic heterocycles. The van der Waals surface area contributed by atoms with Crippen molar-refractivity contribution < 1.29 is 9.52 Å². The first-order valence-corrected chi connectivity index (χ1v) is 5.49. The molecule has 1 unspecified atom stereocenters. The number of furan rings is 1. The molecule has 1 N–H and O–H groups in total. The zero-order valence-electron chi connectivity index (χ0n) is 9.39. The summed E-state index contributed by atoms with van der Waals surface area (Å²) >= 11 is 0. The topological polar surface area (TPSA) is 33.4 Å². The quantitative estimate of drug-likeness (QED) is 0.852. The lowest BCUT2D eigenvalue weighted by molar-refractivity contribution is 0.175. The van der Waals surface area contributed by atoms with E-state index in [-0.39, 0.29) is 6.10 Å². The minimum absolute atomic E-state index is 0.348. The molecule has 16 heavy (non-hydrogen) atoms. The Morgan fingerprint density at radius 2 is 2.00 bits per heavy atom. The van der Waals surface area contributed by atoms with Gasteiger partial charge in [0.2, 0.25) is 0 Å². The first kappa shape index (κ1) is 11.0. The van der Waals surface area contributed by atoms with E-state index in [1.807, 2.05) is 18.2 Å². The lowest BCUT2D eigenvalue weighted by Crippen LogP contribution is -2.13. The summed E-state index contributed by atoms with van der Waals surface area (Å²) < 4.78 is 4.97. The lowest BCUT2D eigenvalue weighted by atomic mass is 10.0. The van der Waals surface area contributed by atoms with E-state index in [0.717, 1.165) is 5.56 Å². The van der Waals surface area contributed by atoms with Crippen LogP contribution in [0.2, 0.25) is 0 Å². The number of aliphatic hydroxyl groups is 1. The maximum Gasteiger partial charge on any atom is 0.0935 e. The average molecular weight is 216 g/mol. The fraction of sp³-hybridized carbons (Fsp3) is 0.286. The van der Waals surface area contributed by atoms with Gasteiger partial charge in [0.15, 0.2) is 0 Å². The number of hydrogen-bond acceptors (Lipinski definition) is 2. The van der Waals surface area contributed by atoms with Gasteiger partial charge in [0.25, 0.3) is 0 Å². The van der Waals surface area contributed by atoms with Gasteiger partial charge in [-0.3, -0.25) is 0 Å². The van der Waals surface area contributed by atoms with Crippen LogP contribution in [0.4, 0.5) is 0 Å². The Kier molecular flexibility index (Phi) is 3.42. The molecule has 2 heteroatoms. The molecule has 0 saturated carbocycles. The van der Waals surface area contributed by atoms with Crippen molar-refractivity contribution in [2.24, 2.45) is 0 Å². The Balaban J connectivity index is 1.94. The van der Waals surface area contributed by atoms with Crippen molar-refractivity contribution in [3.8, 4) is 0 Å². The van der Waals surface area contributed by atoms with E-state index in [9.17, 15) is 5.11 Å². The van der Waals surface area contributed by atoms with Crippen molar-refractivity contribution >= 4 is 0 Å². The predicted octanol–water partition coefficient (Wildman–Crippen LogP) is 2.73. The molecule has 0 bridgehead atoms. The van der Waals surface area contributed by atoms with Crippen LogP contribution in [0.25, 0.3) is 0 Å². The molecule has 0 amide bonds. The van der Waals surface area contributed by atoms with Crippen molar-refractivity contribution in [2.45, 2.75) is 25.9 Å². The summed E-state index contributed by atoms with van der Waals surface area (Å²) in [6.45, 7) is 2.06. The van der Waals surface area contributed by atoms with E-state index >= 15 is 0 Å². The Hall–Kier alpha value is -1.54. The molecule has 1 heterocycles. The molecule has 84 valence electrons. The summed E-state index contributed by atoms with van der Waals surface area (Å²) in [5.41, 5.74) is 3.45. The zero-order valence-corrected chi connectivity index (χ0v) is 9.39. The second kappa shape index (κ2) is 4.99. The highest BCUT2D eigenvalue weighted by Gasteiger charge is 2.07. The van der Waals surface area contributed by atoms with Crippen LogP contribution in [0.1, 0.15) is 16.7 Å². The normalized spacial score (nSPS) is 12.6. The van der Waals surface area contributed by atoms with Crippen molar-refractivity contribution in [3.05, 3.63) is 59.5 Å². The smallest absolute Gasteiger partial charge is 0.0935 e. The third-order valence-corrected chi connectivity index (χ3v) is 2.61. The molecule has 2 nitrogen and oxygen atoms in total. The number of rotatable bonds is 4. The number of hydrogen-bond donors (Lipinski definition) is 1. The predicted molar refractivity (Wildman–Crippen MR) is 63.3 cm³/mol. The van der Waals surface area contributed by atoms with Crippen molar-refractivity contribution in [1.82, 2.24) is 0 Å². The summed E-state index contributed by atoms with van der Waals surface area (Å²) in [6, 6.07) is 10.1. The summed E-state index contributed by atoms with van der Waals surface area (Å²) in [4.78, 5) is 0. The second-order valence-corrected chi connectivity index (χ2v) is 4.18. The molecule has 0 saturated heterocycles. The fourth-order valence-electron chi connectivity index (χ4n) is 1.86. The molecule has 0 radical (unpaired) electrons. The van der Waals surface area contributed by atoms with E-state index in [4.69, 9.17) is 4.42 Å². The maximum atomic E-state index is 9.92. The van der Waals surface area contributed by atoms with Crippen LogP contribution in [0, 0.1) is 6.92 Å². The van der Waals surface area contributed by atoms with Crippen LogP contribution in [0.15, 0.2) is 47.3 Å². The number of aliphatic hydroxyl groups excluding tert-OH is 1. The Labute approximate surface area is 95.5 Å². The highest BCUT2D eigenvalue weighted by molar-refractivity contribution is 5.23. The Morgan fingerprint density at radius 3 is 2.69 bits per heavy atom. The average Bonchev–Trinajstić information content (AvgIpc) is 2.70. The molecule has 1 aromatic heterocycles. The highest BCUT2D eigenvalue weighted by Crippen LogP contribution is 2.11. The Bertz CT molecular complexity index is 432. The summed E-state index contributed by atoms with van der Waals surface area (Å²) in [7, 11) is 0. The highest BCUT2D eigenvalue weighted by atomic mass is 16.3. The molecule has 0 spiro atoms. The van der Waals surface area contributed by atoms with Gasteiger partial charge in [-0.25, -0.2) is 0 Å². The van der Waals surface area contributed by atoms with E-state index in [1.165, 1.54) is 11.1 Å². The summed E-state index contributed by atoms with van der Waals surface area (Å²) in [6.07, 6.45) is 4.30. The second-order valence-electron chi connectivity index (χ2n) is 4.18. The summed E-state index contributed by atoms with van der Waals surface area (Å²) in [5.74, 6) is 0. The van der Waals surface area contributed by atoms with Crippen LogP contribution in [0.5, 0.6) is 0 Å². The van der Waals surface area contributed by atoms with Gasteiger partial charge in [0.05, 0.1) is 18.6 Å². The number of benzene rings is 1. The van der Waals surface area contributed by atoms with Gasteiger partial charge in [-0.05, 0) is 30.5 Å². The largest absolute Gasteiger partial charge is 0.472 e. The molecule has 0 aliphatic carbocycles. The lowest BCUT2D eigenvalue weighted by Gasteiger charge is -2.09. The third kappa shape index (κ3) is 2.97. The third-order valence-electron chi connectivity index (χ3n) is 2.61. The molecule has 2 rings (SSSR count). The van der Waals surface area contributed by atoms with E-state index in [0.29, 0.717) is 12.8 Å². The van der Waals surface area contributed by atoms with E-state index in [1.54, 1.807) is 12.5 Å². The molecule has 2 aromatic rings. The van der Waals surface area contributed by atoms with Gasteiger partial charge in [0.1, 0.15) is 0 Å². The van der Waals surface area contributed by atoms with Gasteiger partial charge in [-0.1, -0.05) is 29.8 Å². The molecule has 0 aliphatic rings. The first-order valence-electron chi connectivity index (χ1n) is 5.49. The monoisotopic (exact) mass is 216 g/mol. The van der Waals surface area contributed by atoms with Crippen LogP contribution >= 0.6 is 0 Å². The standard InChI is InChI=1S/C14H16O2/c1-11-3-2-4-12(7-11)8-14(15)9-13-5-6-16-10-13/h2-7,10,14-15H,8-9H2,1H3. The molecule has 1 aromatic carbocycles. The number of aryl methyl sites for hydroxylation is 1. The minimum atomic E-state index is -0.348. The first-order chi connectivity index (χ1) is 7.74. The van der Waals surface area contributed by atoms with Crippen LogP contribution in [-0.2, 0) is 12.8 Å². The van der Waals surface area contributed by atoms with Crippen LogP contribution in [0.3, 0.4) is 0 Å². The van der Waals surface area contributed by atoms with Gasteiger partial charge >= 0.3 is 0 Å². The molecule has 1 atom stereocenters. The molecular weight excluding hydrogens is 200 g/mol. The van der Waals surface area contributed by atoms with E-state index in [2.05, 4.69) is 19.1 Å². The van der Waals surface area contributed by atoms with Crippen molar-refractivity contribution in [2.75, 3.05) is 0 Å². The SMILES string of the molecule is Cc1cccc(CC(O)Cc2ccoc2)c1. The van der Waals surface area contributed by atoms with E-state index < -0.39 is 0 Å². The van der Waals surface area contributed by atoms with Gasteiger partial charge in [-0.2, -0.15) is 0 Å². The van der Waals surface area contributed by atoms with Crippen LogP contribution in [-0.4, -0.2) is 11.2 Å². The molecular formula is C14H16O2. The van der Waals surface area contributed by atoms with Gasteiger partial charge < -0.3 is 9.52 Å². The maximum absolute atomic E-state index is 9.92. The fourth-order valence-corrected chi connectivity index (χ4v) is 1.86. The zero-order chi connectivity index (χ0) is 11.4. The van der Waals surface area contributed by atoms with Crippen LogP contribution < -0.4 is 0 Å². The summed E-state index contributed by atoms with van der Waals surface area (Å²) in [5, 5.41) is 9.92. The molecule has 0 fully saturated rings. The van der Waals surface area contributed by atoms with Crippen molar-refractivity contribution in [1.29, 1.82) is 0 Å². The van der Waals surface area contributed by atoms with Crippen molar-refractivity contribution in [3.63, 3.8) is 0 Å². The Morgan fingerprint density at radius 1 is 1.19 bits per heavy atom. The van der Waals surface area contributed by atoms with Gasteiger partial charge in [0, 0.05) is 6.42 Å². The van der Waals surface area contributed by atoms with Gasteiger partial charge in [-0.15, -0.1) is 0 Å².